The Balaban J connectivity index is 1.32. The van der Waals surface area contributed by atoms with E-state index >= 15 is 4.39 Å². The number of fused-ring (bicyclic) bond motifs is 3. The van der Waals surface area contributed by atoms with Gasteiger partial charge in [0.25, 0.3) is 0 Å². The molecule has 2 fully saturated rings. The molecular weight excluding hydrogens is 564 g/mol. The molecule has 3 aliphatic rings. The van der Waals surface area contributed by atoms with Gasteiger partial charge in [-0.15, -0.1) is 4.72 Å². The highest BCUT2D eigenvalue weighted by molar-refractivity contribution is 7.99. The highest BCUT2D eigenvalue weighted by Gasteiger charge is 2.53. The molecular formula is C29H36ClF2NO4S2. The molecule has 2 saturated heterocycles. The van der Waals surface area contributed by atoms with E-state index in [4.69, 9.17) is 25.8 Å². The molecule has 3 heterocycles. The molecule has 1 unspecified atom stereocenters. The molecule has 4 atom stereocenters. The van der Waals surface area contributed by atoms with Crippen LogP contribution >= 0.6 is 23.4 Å². The molecule has 5 nitrogen and oxygen atoms in total. The van der Waals surface area contributed by atoms with Crippen molar-refractivity contribution in [2.45, 2.75) is 61.8 Å². The highest BCUT2D eigenvalue weighted by Crippen LogP contribution is 2.53. The van der Waals surface area contributed by atoms with E-state index in [9.17, 15) is 8.94 Å². The quantitative estimate of drug-likeness (QED) is 0.289. The summed E-state index contributed by atoms with van der Waals surface area (Å²) in [6.07, 6.45) is 1.69. The Hall–Kier alpha value is -1.07. The number of rotatable bonds is 9. The molecule has 214 valence electrons. The molecule has 0 spiro atoms. The molecule has 5 rings (SSSR count). The predicted molar refractivity (Wildman–Crippen MR) is 153 cm³/mol. The van der Waals surface area contributed by atoms with Crippen LogP contribution in [0.4, 0.5) is 8.78 Å². The first-order chi connectivity index (χ1) is 18.5. The van der Waals surface area contributed by atoms with Crippen molar-refractivity contribution < 1.29 is 27.5 Å². The summed E-state index contributed by atoms with van der Waals surface area (Å²) in [4.78, 5) is 0. The van der Waals surface area contributed by atoms with Crippen molar-refractivity contribution in [2.24, 2.45) is 5.92 Å². The largest absolute Gasteiger partial charge is 0.598 e. The number of nitrogens with one attached hydrogen (secondary N) is 1. The van der Waals surface area contributed by atoms with Crippen LogP contribution in [0.15, 0.2) is 36.4 Å². The third-order valence-electron chi connectivity index (χ3n) is 7.98. The molecule has 0 aliphatic carbocycles. The first-order valence-corrected chi connectivity index (χ1v) is 16.0. The number of hydrogen-bond donors (Lipinski definition) is 1. The van der Waals surface area contributed by atoms with Crippen LogP contribution in [0, 0.1) is 17.6 Å². The van der Waals surface area contributed by atoms with Gasteiger partial charge in [-0.1, -0.05) is 23.7 Å². The minimum atomic E-state index is -1.18. The van der Waals surface area contributed by atoms with Gasteiger partial charge in [-0.3, -0.25) is 0 Å². The highest BCUT2D eigenvalue weighted by atomic mass is 35.5. The molecule has 0 amide bonds. The van der Waals surface area contributed by atoms with Crippen molar-refractivity contribution in [3.63, 3.8) is 0 Å². The summed E-state index contributed by atoms with van der Waals surface area (Å²) < 4.78 is 63.6. The van der Waals surface area contributed by atoms with Crippen LogP contribution in [0.3, 0.4) is 0 Å². The Kier molecular flexibility index (Phi) is 8.80. The Labute approximate surface area is 242 Å². The third-order valence-corrected chi connectivity index (χ3v) is 11.2. The summed E-state index contributed by atoms with van der Waals surface area (Å²) in [6.45, 7) is 7.64. The standard InChI is InChI=1S/C29H36ClF2NO4S2/c1-27(2,3)39(34)33-28(16-35-17-28)18-38-13-10-24-21-15-37-26-23(32)9-8-22(31)25(26)29(21,11-12-36-24)14-19-4-6-20(30)7-5-19/h4-9,21,24,33H,10-18H2,1-3H3/t21-,24-,29-,39?/m0/s1. The normalized spacial score (nSPS) is 26.6. The van der Waals surface area contributed by atoms with Gasteiger partial charge < -0.3 is 18.8 Å². The van der Waals surface area contributed by atoms with Gasteiger partial charge in [-0.2, -0.15) is 11.8 Å². The molecule has 0 radical (unpaired) electrons. The van der Waals surface area contributed by atoms with Crippen molar-refractivity contribution in [1.82, 2.24) is 4.72 Å². The van der Waals surface area contributed by atoms with E-state index in [-0.39, 0.29) is 34.7 Å². The van der Waals surface area contributed by atoms with Gasteiger partial charge in [0.15, 0.2) is 11.6 Å². The van der Waals surface area contributed by atoms with Crippen LogP contribution in [0.1, 0.15) is 44.7 Å². The number of hydrogen-bond acceptors (Lipinski definition) is 6. The zero-order chi connectivity index (χ0) is 27.8. The van der Waals surface area contributed by atoms with Gasteiger partial charge in [0.05, 0.1) is 25.9 Å². The minimum absolute atomic E-state index is 0.0279. The zero-order valence-electron chi connectivity index (χ0n) is 22.6. The van der Waals surface area contributed by atoms with E-state index in [2.05, 4.69) is 4.72 Å². The average Bonchev–Trinajstić information content (AvgIpc) is 2.87. The Morgan fingerprint density at radius 3 is 2.51 bits per heavy atom. The SMILES string of the molecule is CC(C)(C)[S+]([O-])NC1(CSCC[C@@H]2OCC[C@@]3(Cc4ccc(Cl)cc4)c4c(F)ccc(F)c4OC[C@@H]23)COC1. The second-order valence-electron chi connectivity index (χ2n) is 11.9. The van der Waals surface area contributed by atoms with Gasteiger partial charge in [0.1, 0.15) is 16.1 Å². The monoisotopic (exact) mass is 599 g/mol. The van der Waals surface area contributed by atoms with Crippen molar-refractivity contribution >= 4 is 34.7 Å². The summed E-state index contributed by atoms with van der Waals surface area (Å²) in [5, 5.41) is 0.634. The third kappa shape index (κ3) is 6.10. The lowest BCUT2D eigenvalue weighted by molar-refractivity contribution is -0.0962. The zero-order valence-corrected chi connectivity index (χ0v) is 25.0. The van der Waals surface area contributed by atoms with Crippen molar-refractivity contribution in [2.75, 3.05) is 37.9 Å². The van der Waals surface area contributed by atoms with E-state index in [0.29, 0.717) is 43.2 Å². The van der Waals surface area contributed by atoms with E-state index in [0.717, 1.165) is 29.6 Å². The van der Waals surface area contributed by atoms with Crippen molar-refractivity contribution in [3.05, 3.63) is 64.2 Å². The van der Waals surface area contributed by atoms with Crippen molar-refractivity contribution in [1.29, 1.82) is 0 Å². The second kappa shape index (κ2) is 11.7. The summed E-state index contributed by atoms with van der Waals surface area (Å²) in [7, 11) is 0. The van der Waals surface area contributed by atoms with E-state index < -0.39 is 28.4 Å². The molecule has 2 aromatic rings. The molecule has 1 N–H and O–H groups in total. The summed E-state index contributed by atoms with van der Waals surface area (Å²) >= 11 is 6.72. The molecule has 10 heteroatoms. The maximum atomic E-state index is 15.5. The Morgan fingerprint density at radius 1 is 1.13 bits per heavy atom. The number of ether oxygens (including phenoxy) is 3. The van der Waals surface area contributed by atoms with Crippen LogP contribution < -0.4 is 9.46 Å². The molecule has 0 bridgehead atoms. The number of benzene rings is 2. The number of halogens is 3. The topological polar surface area (TPSA) is 62.8 Å². The molecule has 0 saturated carbocycles. The van der Waals surface area contributed by atoms with E-state index in [1.54, 1.807) is 11.8 Å². The summed E-state index contributed by atoms with van der Waals surface area (Å²) in [6, 6.07) is 9.92. The molecule has 2 aromatic carbocycles. The fraction of sp³-hybridized carbons (Fsp3) is 0.586. The van der Waals surface area contributed by atoms with Gasteiger partial charge >= 0.3 is 0 Å². The minimum Gasteiger partial charge on any atom is -0.598 e. The van der Waals surface area contributed by atoms with Crippen molar-refractivity contribution in [3.8, 4) is 5.75 Å². The Morgan fingerprint density at radius 2 is 1.85 bits per heavy atom. The first kappa shape index (κ1) is 29.4. The maximum absolute atomic E-state index is 15.5. The van der Waals surface area contributed by atoms with Crippen LogP contribution in [0.5, 0.6) is 5.75 Å². The summed E-state index contributed by atoms with van der Waals surface area (Å²) in [5.41, 5.74) is 0.382. The number of thioether (sulfide) groups is 1. The van der Waals surface area contributed by atoms with Crippen LogP contribution in [-0.2, 0) is 32.7 Å². The predicted octanol–water partition coefficient (Wildman–Crippen LogP) is 5.84. The van der Waals surface area contributed by atoms with Crippen LogP contribution in [0.2, 0.25) is 5.02 Å². The van der Waals surface area contributed by atoms with Gasteiger partial charge in [0, 0.05) is 45.6 Å². The average molecular weight is 600 g/mol. The lowest BCUT2D eigenvalue weighted by atomic mass is 9.60. The maximum Gasteiger partial charge on any atom is 0.165 e. The summed E-state index contributed by atoms with van der Waals surface area (Å²) in [5.74, 6) is 0.486. The molecule has 3 aliphatic heterocycles. The van der Waals surface area contributed by atoms with Crippen LogP contribution in [0.25, 0.3) is 0 Å². The van der Waals surface area contributed by atoms with Crippen LogP contribution in [-0.4, -0.2) is 58.9 Å². The lowest BCUT2D eigenvalue weighted by Crippen LogP contribution is -2.65. The lowest BCUT2D eigenvalue weighted by Gasteiger charge is -2.51. The van der Waals surface area contributed by atoms with Gasteiger partial charge in [-0.05, 0) is 75.6 Å². The molecule has 0 aromatic heterocycles. The fourth-order valence-corrected chi connectivity index (χ4v) is 8.11. The van der Waals surface area contributed by atoms with E-state index in [1.807, 2.05) is 45.0 Å². The Bertz CT molecular complexity index is 1160. The fourth-order valence-electron chi connectivity index (χ4n) is 5.83. The van der Waals surface area contributed by atoms with Gasteiger partial charge in [0.2, 0.25) is 0 Å². The second-order valence-corrected chi connectivity index (χ2v) is 15.4. The van der Waals surface area contributed by atoms with E-state index in [1.165, 1.54) is 6.07 Å². The molecule has 39 heavy (non-hydrogen) atoms. The smallest absolute Gasteiger partial charge is 0.165 e. The van der Waals surface area contributed by atoms with Gasteiger partial charge in [-0.25, -0.2) is 8.78 Å². The first-order valence-electron chi connectivity index (χ1n) is 13.4.